The summed E-state index contributed by atoms with van der Waals surface area (Å²) in [6.45, 7) is -0.300. The number of benzene rings is 1. The van der Waals surface area contributed by atoms with Crippen molar-refractivity contribution in [2.75, 3.05) is 6.61 Å². The number of nitrogens with zero attached hydrogens (tertiary/aromatic N) is 1. The second-order valence-corrected chi connectivity index (χ2v) is 4.16. The largest absolute Gasteiger partial charge is 0.381 e. The second-order valence-electron chi connectivity index (χ2n) is 2.89. The van der Waals surface area contributed by atoms with Gasteiger partial charge in [0, 0.05) is 11.6 Å². The molecule has 1 aliphatic rings. The van der Waals surface area contributed by atoms with Gasteiger partial charge in [0.1, 0.15) is 18.2 Å². The van der Waals surface area contributed by atoms with Gasteiger partial charge >= 0.3 is 10.3 Å². The molecule has 0 amide bonds. The molecule has 15 heavy (non-hydrogen) atoms. The van der Waals surface area contributed by atoms with Crippen molar-refractivity contribution in [3.05, 3.63) is 35.4 Å². The van der Waals surface area contributed by atoms with Crippen molar-refractivity contribution < 1.29 is 21.4 Å². The maximum Gasteiger partial charge on any atom is 0.381 e. The Morgan fingerprint density at radius 2 is 1.80 bits per heavy atom. The summed E-state index contributed by atoms with van der Waals surface area (Å²) >= 11 is 0. The van der Waals surface area contributed by atoms with E-state index < -0.39 is 21.9 Å². The Labute approximate surface area is 84.5 Å². The molecule has 0 N–H and O–H groups in total. The van der Waals surface area contributed by atoms with Gasteiger partial charge in [-0.25, -0.2) is 13.0 Å². The van der Waals surface area contributed by atoms with Gasteiger partial charge in [0.2, 0.25) is 0 Å². The molecule has 7 heteroatoms. The quantitative estimate of drug-likeness (QED) is 0.727. The topological polar surface area (TPSA) is 55.7 Å². The third kappa shape index (κ3) is 2.18. The number of halogens is 2. The smallest absolute Gasteiger partial charge is 0.246 e. The van der Waals surface area contributed by atoms with Gasteiger partial charge in [0.05, 0.1) is 5.71 Å². The van der Waals surface area contributed by atoms with Gasteiger partial charge in [-0.15, -0.1) is 4.40 Å². The minimum absolute atomic E-state index is 0.00611. The molecule has 0 aliphatic carbocycles. The Hall–Kier alpha value is -1.34. The third-order valence-corrected chi connectivity index (χ3v) is 2.62. The highest BCUT2D eigenvalue weighted by Gasteiger charge is 2.22. The average molecular weight is 233 g/mol. The maximum absolute atomic E-state index is 12.8. The summed E-state index contributed by atoms with van der Waals surface area (Å²) in [6, 6.07) is 2.67. The van der Waals surface area contributed by atoms with Crippen LogP contribution in [-0.4, -0.2) is 20.7 Å². The Morgan fingerprint density at radius 3 is 2.27 bits per heavy atom. The van der Waals surface area contributed by atoms with E-state index in [0.717, 1.165) is 12.1 Å². The first-order valence-electron chi connectivity index (χ1n) is 3.91. The SMILES string of the molecule is O=S1(=O)N=C(c2cc(F)cc(F)c2)CO1. The van der Waals surface area contributed by atoms with Gasteiger partial charge in [-0.05, 0) is 12.1 Å². The molecule has 0 unspecified atom stereocenters. The highest BCUT2D eigenvalue weighted by atomic mass is 32.2. The van der Waals surface area contributed by atoms with Crippen LogP contribution in [0.5, 0.6) is 0 Å². The normalized spacial score (nSPS) is 18.9. The minimum Gasteiger partial charge on any atom is -0.246 e. The second kappa shape index (κ2) is 3.35. The molecule has 1 aromatic carbocycles. The van der Waals surface area contributed by atoms with Crippen molar-refractivity contribution in [1.82, 2.24) is 0 Å². The summed E-state index contributed by atoms with van der Waals surface area (Å²) in [4.78, 5) is 0. The van der Waals surface area contributed by atoms with E-state index in [1.165, 1.54) is 0 Å². The molecule has 0 fully saturated rings. The molecule has 0 bridgehead atoms. The Kier molecular flexibility index (Phi) is 2.28. The lowest BCUT2D eigenvalue weighted by Gasteiger charge is -1.98. The van der Waals surface area contributed by atoms with E-state index in [-0.39, 0.29) is 17.9 Å². The highest BCUT2D eigenvalue weighted by molar-refractivity contribution is 7.85. The van der Waals surface area contributed by atoms with Crippen LogP contribution in [0.1, 0.15) is 5.56 Å². The molecule has 0 saturated heterocycles. The Morgan fingerprint density at radius 1 is 1.20 bits per heavy atom. The molecule has 4 nitrogen and oxygen atoms in total. The van der Waals surface area contributed by atoms with Crippen molar-refractivity contribution in [2.45, 2.75) is 0 Å². The van der Waals surface area contributed by atoms with Crippen molar-refractivity contribution in [2.24, 2.45) is 4.40 Å². The van der Waals surface area contributed by atoms with E-state index in [9.17, 15) is 17.2 Å². The first-order chi connectivity index (χ1) is 6.96. The first-order valence-corrected chi connectivity index (χ1v) is 5.27. The lowest BCUT2D eigenvalue weighted by atomic mass is 10.1. The predicted octanol–water partition coefficient (Wildman–Crippen LogP) is 1.03. The van der Waals surface area contributed by atoms with Crippen molar-refractivity contribution in [3.8, 4) is 0 Å². The van der Waals surface area contributed by atoms with Gasteiger partial charge in [0.15, 0.2) is 0 Å². The van der Waals surface area contributed by atoms with E-state index in [0.29, 0.717) is 6.07 Å². The standard InChI is InChI=1S/C8H5F2NO3S/c9-6-1-5(2-7(10)3-6)8-4-14-15(12,13)11-8/h1-3H,4H2. The Bertz CT molecular complexity index is 519. The van der Waals surface area contributed by atoms with Crippen LogP contribution in [-0.2, 0) is 14.5 Å². The van der Waals surface area contributed by atoms with Gasteiger partial charge in [-0.1, -0.05) is 0 Å². The number of hydrogen-bond donors (Lipinski definition) is 0. The molecule has 1 aromatic rings. The van der Waals surface area contributed by atoms with E-state index >= 15 is 0 Å². The molecule has 1 aliphatic heterocycles. The molecular weight excluding hydrogens is 228 g/mol. The molecule has 0 aromatic heterocycles. The summed E-state index contributed by atoms with van der Waals surface area (Å²) in [5, 5.41) is 0. The third-order valence-electron chi connectivity index (χ3n) is 1.76. The molecule has 0 radical (unpaired) electrons. The zero-order valence-electron chi connectivity index (χ0n) is 7.28. The van der Waals surface area contributed by atoms with Crippen LogP contribution in [0.4, 0.5) is 8.78 Å². The van der Waals surface area contributed by atoms with E-state index in [4.69, 9.17) is 0 Å². The predicted molar refractivity (Wildman–Crippen MR) is 47.8 cm³/mol. The fourth-order valence-corrected chi connectivity index (χ4v) is 1.92. The maximum atomic E-state index is 12.8. The molecule has 1 heterocycles. The summed E-state index contributed by atoms with van der Waals surface area (Å²) in [5.41, 5.74) is 0.0574. The molecule has 80 valence electrons. The van der Waals surface area contributed by atoms with Crippen molar-refractivity contribution in [3.63, 3.8) is 0 Å². The van der Waals surface area contributed by atoms with Gasteiger partial charge in [0.25, 0.3) is 0 Å². The number of rotatable bonds is 1. The average Bonchev–Trinajstić information content (AvgIpc) is 2.44. The monoisotopic (exact) mass is 233 g/mol. The summed E-state index contributed by atoms with van der Waals surface area (Å²) in [6.07, 6.45) is 0. The van der Waals surface area contributed by atoms with Crippen LogP contribution in [0.25, 0.3) is 0 Å². The first kappa shape index (κ1) is 10.2. The lowest BCUT2D eigenvalue weighted by Crippen LogP contribution is -2.04. The minimum atomic E-state index is -3.93. The fourth-order valence-electron chi connectivity index (χ4n) is 1.17. The van der Waals surface area contributed by atoms with Crippen LogP contribution in [0, 0.1) is 11.6 Å². The van der Waals surface area contributed by atoms with Crippen LogP contribution in [0.2, 0.25) is 0 Å². The van der Waals surface area contributed by atoms with Gasteiger partial charge in [-0.2, -0.15) is 8.42 Å². The number of hydrogen-bond acceptors (Lipinski definition) is 3. The summed E-state index contributed by atoms with van der Waals surface area (Å²) < 4.78 is 54.7. The molecule has 0 spiro atoms. The molecule has 2 rings (SSSR count). The molecular formula is C8H5F2NO3S. The zero-order valence-corrected chi connectivity index (χ0v) is 8.09. The van der Waals surface area contributed by atoms with Gasteiger partial charge < -0.3 is 0 Å². The van der Waals surface area contributed by atoms with Crippen LogP contribution >= 0.6 is 0 Å². The van der Waals surface area contributed by atoms with Crippen molar-refractivity contribution >= 4 is 16.0 Å². The highest BCUT2D eigenvalue weighted by Crippen LogP contribution is 2.15. The van der Waals surface area contributed by atoms with E-state index in [1.54, 1.807) is 0 Å². The van der Waals surface area contributed by atoms with Gasteiger partial charge in [-0.3, -0.25) is 0 Å². The summed E-state index contributed by atoms with van der Waals surface area (Å²) in [7, 11) is -3.93. The fraction of sp³-hybridized carbons (Fsp3) is 0.125. The lowest BCUT2D eigenvalue weighted by molar-refractivity contribution is 0.382. The van der Waals surface area contributed by atoms with Crippen LogP contribution < -0.4 is 0 Å². The molecule has 0 saturated carbocycles. The zero-order chi connectivity index (χ0) is 11.1. The Balaban J connectivity index is 2.48. The van der Waals surface area contributed by atoms with Crippen molar-refractivity contribution in [1.29, 1.82) is 0 Å². The molecule has 0 atom stereocenters. The van der Waals surface area contributed by atoms with Crippen LogP contribution in [0.15, 0.2) is 22.6 Å². The van der Waals surface area contributed by atoms with E-state index in [1.807, 2.05) is 0 Å². The van der Waals surface area contributed by atoms with E-state index in [2.05, 4.69) is 8.58 Å². The van der Waals surface area contributed by atoms with Crippen LogP contribution in [0.3, 0.4) is 0 Å². The summed E-state index contributed by atoms with van der Waals surface area (Å²) in [5.74, 6) is -1.59.